The zero-order chi connectivity index (χ0) is 78.4. The highest BCUT2D eigenvalue weighted by Gasteiger charge is 2.26. The van der Waals surface area contributed by atoms with Crippen molar-refractivity contribution in [1.82, 2.24) is 60.0 Å². The predicted molar refractivity (Wildman–Crippen MR) is 454 cm³/mol. The van der Waals surface area contributed by atoms with Gasteiger partial charge in [-0.3, -0.25) is 0 Å². The Kier molecular flexibility index (Phi) is 41.1. The second-order valence-electron chi connectivity index (χ2n) is 32.2. The highest BCUT2D eigenvalue weighted by atomic mass is 16.5. The summed E-state index contributed by atoms with van der Waals surface area (Å²) >= 11 is 0. The molecule has 112 heavy (non-hydrogen) atoms. The first-order valence-electron chi connectivity index (χ1n) is 44.7. The number of hydrogen-bond donors (Lipinski definition) is 4. The van der Waals surface area contributed by atoms with Crippen LogP contribution in [0.4, 0.5) is 0 Å². The third-order valence-electron chi connectivity index (χ3n) is 22.3. The molecule has 8 bridgehead atoms. The minimum Gasteiger partial charge on any atom is -0.493 e. The SMILES string of the molecule is CCCCCCCCCCCCOc1c2cc(Cn3cc(CN)nn3)cc1Cc1cc(Cn3cc(CN)nn3)cc(c1OCCCCCCCCCCCC)Cc1cc(Cn3cc(CN)nn3)cc(c1OCCCCCCCCCCCC)Cc1cc(Cn3cc(CN)nn3)cc(c1OCCCCCCCCCCCC)C2. The molecule has 9 rings (SSSR count). The molecule has 0 amide bonds. The maximum absolute atomic E-state index is 7.54. The zero-order valence-electron chi connectivity index (χ0n) is 69.8. The van der Waals surface area contributed by atoms with E-state index in [9.17, 15) is 0 Å². The van der Waals surface area contributed by atoms with Crippen LogP contribution in [-0.4, -0.2) is 86.4 Å². The second-order valence-corrected chi connectivity index (χ2v) is 32.2. The quantitative estimate of drug-likeness (QED) is 0.0258. The van der Waals surface area contributed by atoms with Gasteiger partial charge in [0.25, 0.3) is 0 Å². The summed E-state index contributed by atoms with van der Waals surface area (Å²) in [5, 5.41) is 36.7. The van der Waals surface area contributed by atoms with Crippen LogP contribution in [-0.2, 0) is 78.0 Å². The van der Waals surface area contributed by atoms with Crippen LogP contribution in [0, 0.1) is 0 Å². The van der Waals surface area contributed by atoms with Gasteiger partial charge in [0.15, 0.2) is 0 Å². The molecule has 4 aromatic heterocycles. The average Bonchev–Trinajstić information content (AvgIpc) is 0.936. The second kappa shape index (κ2) is 52.1. The molecule has 20 nitrogen and oxygen atoms in total. The number of benzene rings is 4. The van der Waals surface area contributed by atoms with Gasteiger partial charge in [0.05, 0.1) is 100 Å². The van der Waals surface area contributed by atoms with Crippen LogP contribution in [0.5, 0.6) is 23.0 Å². The van der Waals surface area contributed by atoms with Crippen molar-refractivity contribution >= 4 is 0 Å². The Balaban J connectivity index is 1.24. The Labute approximate surface area is 673 Å². The van der Waals surface area contributed by atoms with E-state index in [4.69, 9.17) is 41.9 Å². The number of aromatic nitrogens is 12. The molecule has 0 saturated heterocycles. The third-order valence-corrected chi connectivity index (χ3v) is 22.3. The molecule has 0 saturated carbocycles. The van der Waals surface area contributed by atoms with Crippen LogP contribution in [0.15, 0.2) is 73.3 Å². The zero-order valence-corrected chi connectivity index (χ0v) is 69.8. The highest BCUT2D eigenvalue weighted by Crippen LogP contribution is 2.42. The van der Waals surface area contributed by atoms with Crippen molar-refractivity contribution in [2.45, 2.75) is 363 Å². The van der Waals surface area contributed by atoms with Gasteiger partial charge in [0, 0.05) is 51.9 Å². The average molecular weight is 1540 g/mol. The fourth-order valence-corrected chi connectivity index (χ4v) is 16.1. The monoisotopic (exact) mass is 1540 g/mol. The van der Waals surface area contributed by atoms with E-state index < -0.39 is 0 Å². The first-order chi connectivity index (χ1) is 55.2. The van der Waals surface area contributed by atoms with Gasteiger partial charge in [-0.2, -0.15) is 0 Å². The molecule has 0 spiro atoms. The molecular weight excluding hydrogens is 1390 g/mol. The van der Waals surface area contributed by atoms with Gasteiger partial charge < -0.3 is 41.9 Å². The molecule has 4 heterocycles. The molecule has 616 valence electrons. The van der Waals surface area contributed by atoms with Crippen LogP contribution in [0.3, 0.4) is 0 Å². The lowest BCUT2D eigenvalue weighted by molar-refractivity contribution is 0.292. The summed E-state index contributed by atoms with van der Waals surface area (Å²) in [5.74, 6) is 3.57. The number of unbranched alkanes of at least 4 members (excludes halogenated alkanes) is 36. The molecule has 0 fully saturated rings. The van der Waals surface area contributed by atoms with Gasteiger partial charge in [0.2, 0.25) is 0 Å². The number of hydrogen-bond acceptors (Lipinski definition) is 16. The van der Waals surface area contributed by atoms with Gasteiger partial charge in [0.1, 0.15) is 23.0 Å². The number of rotatable bonds is 60. The van der Waals surface area contributed by atoms with Crippen LogP contribution < -0.4 is 41.9 Å². The van der Waals surface area contributed by atoms with Crippen LogP contribution in [0.2, 0.25) is 0 Å². The maximum Gasteiger partial charge on any atom is 0.126 e. The summed E-state index contributed by atoms with van der Waals surface area (Å²) in [6, 6.07) is 18.8. The topological polar surface area (TPSA) is 264 Å². The summed E-state index contributed by atoms with van der Waals surface area (Å²) < 4.78 is 37.8. The lowest BCUT2D eigenvalue weighted by Crippen LogP contribution is -2.13. The third kappa shape index (κ3) is 31.0. The molecule has 0 radical (unpaired) electrons. The Morgan fingerprint density at radius 3 is 0.554 bits per heavy atom. The number of fused-ring (bicyclic) bond motifs is 8. The highest BCUT2D eigenvalue weighted by molar-refractivity contribution is 5.59. The van der Waals surface area contributed by atoms with E-state index in [0.717, 1.165) is 164 Å². The number of nitrogens with two attached hydrogens (primary N) is 4. The smallest absolute Gasteiger partial charge is 0.126 e. The molecule has 0 aliphatic heterocycles. The fraction of sp³-hybridized carbons (Fsp3) is 0.652. The summed E-state index contributed by atoms with van der Waals surface area (Å²) in [6.07, 6.45) is 59.1. The van der Waals surface area contributed by atoms with Crippen LogP contribution in [0.25, 0.3) is 0 Å². The maximum atomic E-state index is 7.54. The lowest BCUT2D eigenvalue weighted by Gasteiger charge is -2.25. The van der Waals surface area contributed by atoms with Gasteiger partial charge in [-0.25, -0.2) is 18.7 Å². The standard InChI is InChI=1S/C92H144N16O4/c1-5-9-13-17-21-25-29-33-37-41-45-109-89-77-49-73(65-105-69-85(61-93)97-101-105)50-78(89)58-80-52-75(67-107-71-87(63-95)99-103-107)54-82(91(80)111-47-43-39-35-31-27-23-19-15-11-7-3)60-84-56-76(68-108-72-88(64-96)100-104-108)55-83(92(84)112-48-44-40-36-32-28-24-20-16-12-8-4)59-81-53-74(66-106-70-86(62-94)98-102-106)51-79(57-77)90(81)110-46-42-38-34-30-26-22-18-14-10-6-2/h49-56,69-72H,5-48,57-68,93-96H2,1-4H3. The first-order valence-corrected chi connectivity index (χ1v) is 44.7. The van der Waals surface area contributed by atoms with Crippen molar-refractivity contribution in [3.05, 3.63) is 163 Å². The van der Waals surface area contributed by atoms with E-state index in [-0.39, 0.29) is 0 Å². The van der Waals surface area contributed by atoms with E-state index in [1.807, 2.05) is 43.5 Å². The summed E-state index contributed by atoms with van der Waals surface area (Å²) in [6.45, 7) is 14.5. The summed E-state index contributed by atoms with van der Waals surface area (Å²) in [4.78, 5) is 0. The van der Waals surface area contributed by atoms with Gasteiger partial charge in [-0.1, -0.05) is 280 Å². The number of nitrogens with zero attached hydrogens (tertiary/aromatic N) is 12. The Bertz CT molecular complexity index is 3300. The molecule has 4 aromatic carbocycles. The minimum absolute atomic E-state index is 0.295. The Morgan fingerprint density at radius 2 is 0.402 bits per heavy atom. The van der Waals surface area contributed by atoms with Crippen molar-refractivity contribution in [3.63, 3.8) is 0 Å². The normalized spacial score (nSPS) is 12.2. The first kappa shape index (κ1) is 88.4. The Hall–Kier alpha value is -7.52. The van der Waals surface area contributed by atoms with E-state index in [1.54, 1.807) is 0 Å². The van der Waals surface area contributed by atoms with Crippen molar-refractivity contribution < 1.29 is 18.9 Å². The Morgan fingerprint density at radius 1 is 0.241 bits per heavy atom. The van der Waals surface area contributed by atoms with Crippen molar-refractivity contribution in [3.8, 4) is 23.0 Å². The van der Waals surface area contributed by atoms with Gasteiger partial charge >= 0.3 is 0 Å². The minimum atomic E-state index is 0.295. The van der Waals surface area contributed by atoms with Crippen molar-refractivity contribution in [2.24, 2.45) is 22.9 Å². The molecule has 1 aliphatic carbocycles. The van der Waals surface area contributed by atoms with E-state index in [0.29, 0.717) is 104 Å². The fourth-order valence-electron chi connectivity index (χ4n) is 16.1. The summed E-state index contributed by atoms with van der Waals surface area (Å²) in [5.41, 5.74) is 40.8. The van der Waals surface area contributed by atoms with E-state index >= 15 is 0 Å². The van der Waals surface area contributed by atoms with E-state index in [2.05, 4.69) is 117 Å². The molecule has 0 atom stereocenters. The number of ether oxygens (including phenoxy) is 4. The van der Waals surface area contributed by atoms with Gasteiger partial charge in [-0.15, -0.1) is 20.4 Å². The molecule has 8 N–H and O–H groups in total. The molecule has 20 heteroatoms. The van der Waals surface area contributed by atoms with Crippen LogP contribution in [0.1, 0.15) is 374 Å². The van der Waals surface area contributed by atoms with E-state index in [1.165, 1.54) is 205 Å². The van der Waals surface area contributed by atoms with Crippen LogP contribution >= 0.6 is 0 Å². The molecule has 0 unspecified atom stereocenters. The van der Waals surface area contributed by atoms with Gasteiger partial charge in [-0.05, 0) is 141 Å². The molecular formula is C92H144N16O4. The summed E-state index contributed by atoms with van der Waals surface area (Å²) in [7, 11) is 0. The van der Waals surface area contributed by atoms with Crippen molar-refractivity contribution in [1.29, 1.82) is 0 Å². The van der Waals surface area contributed by atoms with Crippen molar-refractivity contribution in [2.75, 3.05) is 26.4 Å². The largest absolute Gasteiger partial charge is 0.493 e. The predicted octanol–water partition coefficient (Wildman–Crippen LogP) is 20.0. The molecule has 8 aromatic rings. The molecule has 1 aliphatic rings. The lowest BCUT2D eigenvalue weighted by atomic mass is 9.88.